The summed E-state index contributed by atoms with van der Waals surface area (Å²) in [6.07, 6.45) is 4.82. The van der Waals surface area contributed by atoms with Crippen LogP contribution in [0.2, 0.25) is 5.02 Å². The number of nitrogens with one attached hydrogen (secondary N) is 2. The number of ether oxygens (including phenoxy) is 3. The fourth-order valence-corrected chi connectivity index (χ4v) is 2.91. The van der Waals surface area contributed by atoms with Crippen molar-refractivity contribution in [2.24, 2.45) is 0 Å². The number of carbonyl (C=O) groups is 2. The van der Waals surface area contributed by atoms with Crippen LogP contribution in [0.4, 0.5) is 5.82 Å². The standard InChI is InChI=1S/C16H20ClN3O5/c1-23-15(21)13(16(22)24-2)12-9(7-18)14(19-8-10(12)17)20-11-5-3-4-6-25-11/h7-8,11,13,18H,3-6H2,1-2H3,(H,19,20). The summed E-state index contributed by atoms with van der Waals surface area (Å²) in [6.45, 7) is 0.630. The largest absolute Gasteiger partial charge is 0.468 e. The molecule has 25 heavy (non-hydrogen) atoms. The molecule has 1 aliphatic heterocycles. The van der Waals surface area contributed by atoms with Crippen LogP contribution in [0.3, 0.4) is 0 Å². The Morgan fingerprint density at radius 3 is 2.60 bits per heavy atom. The number of hydrogen-bond acceptors (Lipinski definition) is 8. The zero-order chi connectivity index (χ0) is 18.4. The van der Waals surface area contributed by atoms with E-state index in [1.807, 2.05) is 0 Å². The molecule has 1 aromatic rings. The average molecular weight is 370 g/mol. The van der Waals surface area contributed by atoms with Crippen molar-refractivity contribution in [2.45, 2.75) is 31.4 Å². The quantitative estimate of drug-likeness (QED) is 0.448. The van der Waals surface area contributed by atoms with Gasteiger partial charge in [-0.1, -0.05) is 11.6 Å². The van der Waals surface area contributed by atoms with Gasteiger partial charge < -0.3 is 24.9 Å². The van der Waals surface area contributed by atoms with E-state index in [-0.39, 0.29) is 22.4 Å². The van der Waals surface area contributed by atoms with Crippen LogP contribution in [0, 0.1) is 5.41 Å². The Balaban J connectivity index is 2.47. The summed E-state index contributed by atoms with van der Waals surface area (Å²) in [5.41, 5.74) is 0.325. The van der Waals surface area contributed by atoms with Gasteiger partial charge in [-0.25, -0.2) is 4.98 Å². The normalized spacial score (nSPS) is 17.0. The first kappa shape index (κ1) is 19.1. The van der Waals surface area contributed by atoms with Crippen molar-refractivity contribution in [3.63, 3.8) is 0 Å². The van der Waals surface area contributed by atoms with E-state index in [1.165, 1.54) is 6.20 Å². The van der Waals surface area contributed by atoms with Crippen LogP contribution in [0.1, 0.15) is 36.3 Å². The zero-order valence-corrected chi connectivity index (χ0v) is 14.8. The number of carbonyl (C=O) groups excluding carboxylic acids is 2. The van der Waals surface area contributed by atoms with E-state index in [4.69, 9.17) is 31.2 Å². The minimum absolute atomic E-state index is 0.0643. The van der Waals surface area contributed by atoms with Crippen LogP contribution < -0.4 is 5.32 Å². The first-order valence-electron chi connectivity index (χ1n) is 7.76. The van der Waals surface area contributed by atoms with Crippen molar-refractivity contribution >= 4 is 35.6 Å². The smallest absolute Gasteiger partial charge is 0.324 e. The van der Waals surface area contributed by atoms with Crippen LogP contribution in [0.15, 0.2) is 6.20 Å². The lowest BCUT2D eigenvalue weighted by Gasteiger charge is -2.26. The van der Waals surface area contributed by atoms with Gasteiger partial charge in [-0.3, -0.25) is 9.59 Å². The van der Waals surface area contributed by atoms with E-state index < -0.39 is 17.9 Å². The molecule has 2 N–H and O–H groups in total. The Labute approximate surface area is 150 Å². The number of nitrogens with zero attached hydrogens (tertiary/aromatic N) is 1. The zero-order valence-electron chi connectivity index (χ0n) is 14.0. The number of methoxy groups -OCH3 is 2. The first-order valence-corrected chi connectivity index (χ1v) is 8.14. The summed E-state index contributed by atoms with van der Waals surface area (Å²) in [7, 11) is 2.32. The predicted molar refractivity (Wildman–Crippen MR) is 91.1 cm³/mol. The number of pyridine rings is 1. The highest BCUT2D eigenvalue weighted by Crippen LogP contribution is 2.33. The molecule has 0 aromatic carbocycles. The third-order valence-electron chi connectivity index (χ3n) is 3.89. The molecule has 1 aromatic heterocycles. The second-order valence-corrected chi connectivity index (χ2v) is 5.81. The predicted octanol–water partition coefficient (Wildman–Crippen LogP) is 2.10. The number of esters is 2. The van der Waals surface area contributed by atoms with Crippen LogP contribution in [-0.2, 0) is 23.8 Å². The van der Waals surface area contributed by atoms with Gasteiger partial charge >= 0.3 is 11.9 Å². The van der Waals surface area contributed by atoms with Crippen LogP contribution in [0.25, 0.3) is 0 Å². The number of halogens is 1. The van der Waals surface area contributed by atoms with Crippen LogP contribution >= 0.6 is 11.6 Å². The van der Waals surface area contributed by atoms with Gasteiger partial charge in [0, 0.05) is 30.1 Å². The van der Waals surface area contributed by atoms with Gasteiger partial charge in [-0.15, -0.1) is 0 Å². The van der Waals surface area contributed by atoms with Crippen LogP contribution in [-0.4, -0.2) is 50.2 Å². The van der Waals surface area contributed by atoms with Gasteiger partial charge in [-0.2, -0.15) is 0 Å². The second kappa shape index (κ2) is 8.77. The lowest BCUT2D eigenvalue weighted by Crippen LogP contribution is -2.30. The monoisotopic (exact) mass is 369 g/mol. The molecule has 1 atom stereocenters. The molecule has 2 rings (SSSR count). The summed E-state index contributed by atoms with van der Waals surface area (Å²) >= 11 is 6.18. The van der Waals surface area contributed by atoms with E-state index in [2.05, 4.69) is 10.3 Å². The molecule has 0 bridgehead atoms. The Kier molecular flexibility index (Phi) is 6.72. The average Bonchev–Trinajstić information content (AvgIpc) is 2.64. The van der Waals surface area contributed by atoms with Crippen molar-refractivity contribution in [3.05, 3.63) is 22.3 Å². The molecule has 9 heteroatoms. The second-order valence-electron chi connectivity index (χ2n) is 5.41. The molecular formula is C16H20ClN3O5. The third-order valence-corrected chi connectivity index (χ3v) is 4.19. The molecule has 8 nitrogen and oxygen atoms in total. The maximum atomic E-state index is 12.1. The number of rotatable bonds is 6. The van der Waals surface area contributed by atoms with Crippen molar-refractivity contribution < 1.29 is 23.8 Å². The molecule has 136 valence electrons. The summed E-state index contributed by atoms with van der Waals surface area (Å²) in [5.74, 6) is -2.76. The van der Waals surface area contributed by atoms with Crippen molar-refractivity contribution in [3.8, 4) is 0 Å². The number of hydrogen-bond donors (Lipinski definition) is 2. The fraction of sp³-hybridized carbons (Fsp3) is 0.500. The summed E-state index contributed by atoms with van der Waals surface area (Å²) in [5, 5.41) is 10.9. The van der Waals surface area contributed by atoms with Gasteiger partial charge in [0.1, 0.15) is 12.0 Å². The molecule has 0 saturated carbocycles. The highest BCUT2D eigenvalue weighted by molar-refractivity contribution is 6.32. The molecule has 2 heterocycles. The highest BCUT2D eigenvalue weighted by Gasteiger charge is 2.35. The first-order chi connectivity index (χ1) is 12.0. The molecule has 1 aliphatic rings. The minimum atomic E-state index is -1.41. The van der Waals surface area contributed by atoms with Gasteiger partial charge in [0.05, 0.1) is 19.2 Å². The molecule has 0 amide bonds. The van der Waals surface area contributed by atoms with E-state index in [9.17, 15) is 9.59 Å². The van der Waals surface area contributed by atoms with Crippen molar-refractivity contribution in [1.82, 2.24) is 4.98 Å². The third kappa shape index (κ3) is 4.26. The molecule has 0 radical (unpaired) electrons. The van der Waals surface area contributed by atoms with Gasteiger partial charge in [0.15, 0.2) is 5.92 Å². The van der Waals surface area contributed by atoms with E-state index in [0.29, 0.717) is 12.4 Å². The highest BCUT2D eigenvalue weighted by atomic mass is 35.5. The molecule has 1 unspecified atom stereocenters. The molecule has 1 fully saturated rings. The van der Waals surface area contributed by atoms with Crippen molar-refractivity contribution in [2.75, 3.05) is 26.1 Å². The Morgan fingerprint density at radius 1 is 1.40 bits per heavy atom. The molecular weight excluding hydrogens is 350 g/mol. The SMILES string of the molecule is COC(=O)C(C(=O)OC)c1c(Cl)cnc(NC2CCCCO2)c1C=N. The fourth-order valence-electron chi connectivity index (χ4n) is 2.65. The molecule has 0 spiro atoms. The number of anilines is 1. The lowest BCUT2D eigenvalue weighted by atomic mass is 9.95. The Morgan fingerprint density at radius 2 is 2.08 bits per heavy atom. The maximum Gasteiger partial charge on any atom is 0.324 e. The van der Waals surface area contributed by atoms with E-state index >= 15 is 0 Å². The van der Waals surface area contributed by atoms with Crippen molar-refractivity contribution in [1.29, 1.82) is 5.41 Å². The van der Waals surface area contributed by atoms with Gasteiger partial charge in [0.2, 0.25) is 0 Å². The summed E-state index contributed by atoms with van der Waals surface area (Å²) < 4.78 is 15.0. The van der Waals surface area contributed by atoms with Gasteiger partial charge in [0.25, 0.3) is 0 Å². The minimum Gasteiger partial charge on any atom is -0.468 e. The topological polar surface area (TPSA) is 111 Å². The number of aromatic nitrogens is 1. The Hall–Kier alpha value is -2.19. The summed E-state index contributed by atoms with van der Waals surface area (Å²) in [6, 6.07) is 0. The lowest BCUT2D eigenvalue weighted by molar-refractivity contribution is -0.154. The maximum absolute atomic E-state index is 12.1. The van der Waals surface area contributed by atoms with Gasteiger partial charge in [-0.05, 0) is 19.3 Å². The summed E-state index contributed by atoms with van der Waals surface area (Å²) in [4.78, 5) is 28.4. The molecule has 0 aliphatic carbocycles. The van der Waals surface area contributed by atoms with E-state index in [1.54, 1.807) is 0 Å². The molecule has 1 saturated heterocycles. The van der Waals surface area contributed by atoms with E-state index in [0.717, 1.165) is 39.7 Å². The van der Waals surface area contributed by atoms with Crippen LogP contribution in [0.5, 0.6) is 0 Å². The Bertz CT molecular complexity index is 645.